The Balaban J connectivity index is 1.59. The van der Waals surface area contributed by atoms with E-state index in [0.717, 1.165) is 64.2 Å². The third-order valence-electron chi connectivity index (χ3n) is 12.6. The van der Waals surface area contributed by atoms with Crippen LogP contribution in [0.4, 0.5) is 0 Å². The number of carbonyl (C=O) groups is 1. The quantitative estimate of drug-likeness (QED) is 0.0322. The van der Waals surface area contributed by atoms with Gasteiger partial charge >= 0.3 is 0 Å². The van der Waals surface area contributed by atoms with E-state index < -0.39 is 124 Å². The van der Waals surface area contributed by atoms with Gasteiger partial charge in [-0.2, -0.15) is 0 Å². The lowest BCUT2D eigenvalue weighted by molar-refractivity contribution is -0.379. The fourth-order valence-corrected chi connectivity index (χ4v) is 8.26. The number of unbranched alkanes of at least 4 members (excludes halogenated alkanes) is 12. The molecule has 1 amide bonds. The maximum absolute atomic E-state index is 13.2. The third-order valence-corrected chi connectivity index (χ3v) is 12.6. The second kappa shape index (κ2) is 35.0. The summed E-state index contributed by atoms with van der Waals surface area (Å²) in [6.07, 6.45) is 6.98. The first-order chi connectivity index (χ1) is 33.3. The van der Waals surface area contributed by atoms with Gasteiger partial charge in [0.25, 0.3) is 0 Å². The van der Waals surface area contributed by atoms with Gasteiger partial charge in [-0.15, -0.1) is 0 Å². The molecule has 0 saturated carbocycles. The van der Waals surface area contributed by atoms with Crippen LogP contribution in [0, 0.1) is 0 Å². The lowest BCUT2D eigenvalue weighted by atomic mass is 9.96. The van der Waals surface area contributed by atoms with Crippen LogP contribution in [0.1, 0.15) is 129 Å². The normalized spacial score (nSPS) is 33.3. The summed E-state index contributed by atoms with van der Waals surface area (Å²) in [6.45, 7) is 1.55. The lowest BCUT2D eigenvalue weighted by Gasteiger charge is -2.48. The highest BCUT2D eigenvalue weighted by molar-refractivity contribution is 5.76. The van der Waals surface area contributed by atoms with Gasteiger partial charge in [0.2, 0.25) is 5.91 Å². The van der Waals surface area contributed by atoms with Crippen LogP contribution in [0.3, 0.4) is 0 Å². The van der Waals surface area contributed by atoms with Crippen molar-refractivity contribution in [1.29, 1.82) is 0 Å². The highest BCUT2D eigenvalue weighted by atomic mass is 16.8. The molecule has 0 aliphatic carbocycles. The van der Waals surface area contributed by atoms with Crippen molar-refractivity contribution >= 4 is 5.91 Å². The van der Waals surface area contributed by atoms with Gasteiger partial charge in [0, 0.05) is 6.42 Å². The molecule has 0 aromatic carbocycles. The van der Waals surface area contributed by atoms with Gasteiger partial charge in [-0.3, -0.25) is 4.79 Å². The van der Waals surface area contributed by atoms with Crippen molar-refractivity contribution in [3.8, 4) is 0 Å². The maximum Gasteiger partial charge on any atom is 0.220 e. The molecule has 19 heteroatoms. The maximum atomic E-state index is 13.2. The molecule has 0 aromatic rings. The van der Waals surface area contributed by atoms with Crippen molar-refractivity contribution < 1.29 is 89.4 Å². The van der Waals surface area contributed by atoms with Crippen molar-refractivity contribution in [1.82, 2.24) is 5.32 Å². The Morgan fingerprint density at radius 3 is 1.49 bits per heavy atom. The van der Waals surface area contributed by atoms with Crippen molar-refractivity contribution in [2.24, 2.45) is 0 Å². The Morgan fingerprint density at radius 2 is 0.942 bits per heavy atom. The van der Waals surface area contributed by atoms with Gasteiger partial charge in [0.1, 0.15) is 73.2 Å². The van der Waals surface area contributed by atoms with Gasteiger partial charge in [0.15, 0.2) is 18.9 Å². The molecule has 19 nitrogen and oxygen atoms in total. The third kappa shape index (κ3) is 21.0. The highest BCUT2D eigenvalue weighted by Gasteiger charge is 2.53. The molecule has 3 saturated heterocycles. The van der Waals surface area contributed by atoms with Crippen molar-refractivity contribution in [2.45, 2.75) is 234 Å². The van der Waals surface area contributed by atoms with E-state index in [1.54, 1.807) is 6.08 Å². The second-order valence-electron chi connectivity index (χ2n) is 18.3. The zero-order chi connectivity index (χ0) is 50.6. The Hall–Kier alpha value is -2.25. The van der Waals surface area contributed by atoms with Gasteiger partial charge < -0.3 is 89.9 Å². The van der Waals surface area contributed by atoms with Gasteiger partial charge in [-0.25, -0.2) is 0 Å². The number of carbonyl (C=O) groups excluding carboxylic acids is 1. The minimum absolute atomic E-state index is 0.219. The number of rotatable bonds is 34. The zero-order valence-electron chi connectivity index (χ0n) is 40.8. The number of hydrogen-bond acceptors (Lipinski definition) is 18. The Labute approximate surface area is 408 Å². The van der Waals surface area contributed by atoms with Crippen LogP contribution in [0.5, 0.6) is 0 Å². The SMILES string of the molecule is CCCC/C=C\CCCCCCCC(=O)NC(COC1OC(CO)C(OC2OC(CO)C(OC3OC(CO)C(O)C(O)C3O)C(O)C2O)C(O)C1O)C(O)/C=C/CC/C=C/CC/C=C/CCCCC. The number of allylic oxidation sites excluding steroid dienone is 7. The molecule has 0 bridgehead atoms. The standard InChI is InChI=1S/C50H87NO18/c1-3-5-7-9-11-13-15-16-18-19-21-23-25-27-34(55)33(51-38(56)28-26-24-22-20-17-14-12-10-8-6-4-2)32-64-48-44(62)41(59)46(36(30-53)66-48)69-50-45(63)42(60)47(37(31-54)67-50)68-49-43(61)40(58)39(57)35(29-52)65-49/h10-13,18-19,25,27,33-37,39-50,52-55,57-63H,3-9,14-17,20-24,26,28-32H2,1-2H3,(H,51,56)/b12-10-,13-11+,19-18+,27-25+. The summed E-state index contributed by atoms with van der Waals surface area (Å²) in [5, 5.41) is 119. The molecule has 400 valence electrons. The monoisotopic (exact) mass is 990 g/mol. The van der Waals surface area contributed by atoms with Gasteiger partial charge in [0.05, 0.1) is 38.6 Å². The molecule has 12 N–H and O–H groups in total. The molecular weight excluding hydrogens is 903 g/mol. The largest absolute Gasteiger partial charge is 0.394 e. The average Bonchev–Trinajstić information content (AvgIpc) is 3.34. The number of hydrogen-bond donors (Lipinski definition) is 12. The Morgan fingerprint density at radius 1 is 0.507 bits per heavy atom. The van der Waals surface area contributed by atoms with E-state index in [1.807, 2.05) is 6.08 Å². The van der Waals surface area contributed by atoms with E-state index in [4.69, 9.17) is 28.4 Å². The summed E-state index contributed by atoms with van der Waals surface area (Å²) in [7, 11) is 0. The minimum atomic E-state index is -1.98. The molecule has 0 aromatic heterocycles. The predicted molar refractivity (Wildman–Crippen MR) is 254 cm³/mol. The fourth-order valence-electron chi connectivity index (χ4n) is 8.26. The first-order valence-electron chi connectivity index (χ1n) is 25.4. The summed E-state index contributed by atoms with van der Waals surface area (Å²) in [4.78, 5) is 13.2. The molecule has 3 rings (SSSR count). The summed E-state index contributed by atoms with van der Waals surface area (Å²) < 4.78 is 34.0. The topological polar surface area (TPSA) is 307 Å². The van der Waals surface area contributed by atoms with Crippen LogP contribution in [0.15, 0.2) is 48.6 Å². The van der Waals surface area contributed by atoms with Crippen molar-refractivity contribution in [3.05, 3.63) is 48.6 Å². The highest BCUT2D eigenvalue weighted by Crippen LogP contribution is 2.33. The van der Waals surface area contributed by atoms with E-state index in [9.17, 15) is 61.0 Å². The van der Waals surface area contributed by atoms with Crippen molar-refractivity contribution in [3.63, 3.8) is 0 Å². The molecule has 3 aliphatic rings. The van der Waals surface area contributed by atoms with E-state index in [2.05, 4.69) is 55.6 Å². The van der Waals surface area contributed by atoms with E-state index in [-0.39, 0.29) is 18.9 Å². The van der Waals surface area contributed by atoms with Crippen LogP contribution < -0.4 is 5.32 Å². The van der Waals surface area contributed by atoms with Crippen LogP contribution in [0.2, 0.25) is 0 Å². The molecule has 69 heavy (non-hydrogen) atoms. The number of ether oxygens (including phenoxy) is 6. The minimum Gasteiger partial charge on any atom is -0.394 e. The Kier molecular flexibility index (Phi) is 31.0. The summed E-state index contributed by atoms with van der Waals surface area (Å²) in [5.74, 6) is -0.306. The fraction of sp³-hybridized carbons (Fsp3) is 0.820. The zero-order valence-corrected chi connectivity index (χ0v) is 40.8. The Bertz CT molecular complexity index is 1460. The van der Waals surface area contributed by atoms with Crippen LogP contribution in [-0.4, -0.2) is 193 Å². The molecule has 3 fully saturated rings. The van der Waals surface area contributed by atoms with Gasteiger partial charge in [-0.05, 0) is 64.2 Å². The van der Waals surface area contributed by atoms with Crippen LogP contribution >= 0.6 is 0 Å². The average molecular weight is 990 g/mol. The van der Waals surface area contributed by atoms with E-state index in [0.29, 0.717) is 12.8 Å². The summed E-state index contributed by atoms with van der Waals surface area (Å²) in [5.41, 5.74) is 0. The van der Waals surface area contributed by atoms with Crippen LogP contribution in [-0.2, 0) is 33.2 Å². The first kappa shape index (κ1) is 61.1. The van der Waals surface area contributed by atoms with Gasteiger partial charge in [-0.1, -0.05) is 107 Å². The summed E-state index contributed by atoms with van der Waals surface area (Å²) in [6, 6.07) is -0.997. The lowest BCUT2D eigenvalue weighted by Crippen LogP contribution is -2.66. The predicted octanol–water partition coefficient (Wildman–Crippen LogP) is 1.58. The number of aliphatic hydroxyl groups excluding tert-OH is 11. The molecule has 17 atom stereocenters. The molecule has 3 aliphatic heterocycles. The van der Waals surface area contributed by atoms with E-state index >= 15 is 0 Å². The molecular formula is C50H87NO18. The number of amides is 1. The molecule has 3 heterocycles. The summed E-state index contributed by atoms with van der Waals surface area (Å²) >= 11 is 0. The number of aliphatic hydroxyl groups is 11. The second-order valence-corrected chi connectivity index (χ2v) is 18.3. The van der Waals surface area contributed by atoms with Crippen LogP contribution in [0.25, 0.3) is 0 Å². The molecule has 0 radical (unpaired) electrons. The smallest absolute Gasteiger partial charge is 0.220 e. The van der Waals surface area contributed by atoms with Crippen molar-refractivity contribution in [2.75, 3.05) is 26.4 Å². The molecule has 0 spiro atoms. The van der Waals surface area contributed by atoms with E-state index in [1.165, 1.54) is 32.1 Å². The molecule has 17 unspecified atom stereocenters. The first-order valence-corrected chi connectivity index (χ1v) is 25.4. The number of nitrogens with one attached hydrogen (secondary N) is 1.